The molecule has 7 heteroatoms. The topological polar surface area (TPSA) is 63.3 Å². The number of hydrogen-bond donors (Lipinski definition) is 1. The van der Waals surface area contributed by atoms with E-state index in [0.29, 0.717) is 30.7 Å². The van der Waals surface area contributed by atoms with Gasteiger partial charge in [-0.1, -0.05) is 0 Å². The Morgan fingerprint density at radius 2 is 2.00 bits per heavy atom. The third kappa shape index (κ3) is 3.30. The summed E-state index contributed by atoms with van der Waals surface area (Å²) in [6.07, 6.45) is -0.294. The van der Waals surface area contributed by atoms with Crippen LogP contribution in [0.1, 0.15) is 18.9 Å². The van der Waals surface area contributed by atoms with Crippen LogP contribution in [0.25, 0.3) is 0 Å². The number of morpholine rings is 1. The molecule has 21 heavy (non-hydrogen) atoms. The van der Waals surface area contributed by atoms with Crippen LogP contribution in [-0.2, 0) is 4.74 Å². The minimum absolute atomic E-state index is 0.288. The van der Waals surface area contributed by atoms with Gasteiger partial charge in [-0.3, -0.25) is 5.10 Å². The quantitative estimate of drug-likeness (QED) is 0.932. The summed E-state index contributed by atoms with van der Waals surface area (Å²) in [7, 11) is 0. The molecule has 0 radical (unpaired) electrons. The molecule has 1 fully saturated rings. The molecule has 0 spiro atoms. The maximum absolute atomic E-state index is 12.9. The van der Waals surface area contributed by atoms with Crippen LogP contribution >= 0.6 is 0 Å². The summed E-state index contributed by atoms with van der Waals surface area (Å²) in [5, 5.41) is 7.10. The second-order valence-electron chi connectivity index (χ2n) is 4.83. The Balaban J connectivity index is 1.65. The number of hydrogen-bond acceptors (Lipinski definition) is 5. The summed E-state index contributed by atoms with van der Waals surface area (Å²) >= 11 is 0. The van der Waals surface area contributed by atoms with E-state index in [4.69, 9.17) is 9.47 Å². The van der Waals surface area contributed by atoms with Crippen molar-refractivity contribution in [1.29, 1.82) is 0 Å². The molecule has 0 amide bonds. The second-order valence-corrected chi connectivity index (χ2v) is 4.83. The molecule has 0 aliphatic carbocycles. The van der Waals surface area contributed by atoms with Crippen LogP contribution in [0.5, 0.6) is 5.75 Å². The van der Waals surface area contributed by atoms with Crippen LogP contribution in [0.4, 0.5) is 10.3 Å². The predicted molar refractivity (Wildman–Crippen MR) is 74.9 cm³/mol. The lowest BCUT2D eigenvalue weighted by molar-refractivity contribution is 0.122. The first-order chi connectivity index (χ1) is 10.2. The van der Waals surface area contributed by atoms with E-state index in [1.165, 1.54) is 12.1 Å². The minimum Gasteiger partial charge on any atom is -0.483 e. The van der Waals surface area contributed by atoms with Crippen LogP contribution in [-0.4, -0.2) is 41.5 Å². The third-order valence-corrected chi connectivity index (χ3v) is 3.30. The van der Waals surface area contributed by atoms with Crippen LogP contribution in [0.2, 0.25) is 0 Å². The van der Waals surface area contributed by atoms with Crippen molar-refractivity contribution in [2.45, 2.75) is 13.0 Å². The number of benzene rings is 1. The average Bonchev–Trinajstić information content (AvgIpc) is 3.00. The largest absolute Gasteiger partial charge is 0.483 e. The lowest BCUT2D eigenvalue weighted by Gasteiger charge is -2.25. The monoisotopic (exact) mass is 292 g/mol. The summed E-state index contributed by atoms with van der Waals surface area (Å²) in [5.74, 6) is 1.60. The predicted octanol–water partition coefficient (Wildman–Crippen LogP) is 1.92. The van der Waals surface area contributed by atoms with Crippen molar-refractivity contribution in [2.24, 2.45) is 0 Å². The number of aromatic amines is 1. The zero-order valence-electron chi connectivity index (χ0n) is 11.8. The van der Waals surface area contributed by atoms with Gasteiger partial charge in [-0.2, -0.15) is 4.98 Å². The van der Waals surface area contributed by atoms with E-state index in [2.05, 4.69) is 20.1 Å². The molecule has 0 bridgehead atoms. The Morgan fingerprint density at radius 3 is 2.71 bits per heavy atom. The third-order valence-electron chi connectivity index (χ3n) is 3.30. The van der Waals surface area contributed by atoms with Crippen molar-refractivity contribution in [3.8, 4) is 5.75 Å². The Hall–Kier alpha value is -2.15. The van der Waals surface area contributed by atoms with Crippen LogP contribution in [0.3, 0.4) is 0 Å². The van der Waals surface area contributed by atoms with Gasteiger partial charge in [0.05, 0.1) is 13.2 Å². The summed E-state index contributed by atoms with van der Waals surface area (Å²) in [6.45, 7) is 4.80. The van der Waals surface area contributed by atoms with Crippen molar-refractivity contribution < 1.29 is 13.9 Å². The molecule has 6 nitrogen and oxygen atoms in total. The maximum Gasteiger partial charge on any atom is 0.244 e. The number of rotatable bonds is 4. The van der Waals surface area contributed by atoms with Crippen molar-refractivity contribution in [3.05, 3.63) is 35.9 Å². The zero-order chi connectivity index (χ0) is 14.7. The second kappa shape index (κ2) is 6.09. The molecule has 2 aromatic rings. The average molecular weight is 292 g/mol. The van der Waals surface area contributed by atoms with Gasteiger partial charge in [0.15, 0.2) is 11.9 Å². The van der Waals surface area contributed by atoms with E-state index in [1.807, 2.05) is 6.92 Å². The number of anilines is 1. The minimum atomic E-state index is -0.294. The van der Waals surface area contributed by atoms with Gasteiger partial charge in [-0.05, 0) is 31.2 Å². The van der Waals surface area contributed by atoms with Crippen LogP contribution in [0.15, 0.2) is 24.3 Å². The molecule has 112 valence electrons. The molecule has 0 saturated carbocycles. The Labute approximate surface area is 121 Å². The molecule has 1 aromatic carbocycles. The van der Waals surface area contributed by atoms with Gasteiger partial charge >= 0.3 is 0 Å². The molecule has 2 heterocycles. The van der Waals surface area contributed by atoms with E-state index in [-0.39, 0.29) is 11.9 Å². The zero-order valence-corrected chi connectivity index (χ0v) is 11.8. The van der Waals surface area contributed by atoms with E-state index < -0.39 is 0 Å². The summed E-state index contributed by atoms with van der Waals surface area (Å²) in [4.78, 5) is 6.52. The van der Waals surface area contributed by atoms with Gasteiger partial charge in [-0.15, -0.1) is 5.10 Å². The van der Waals surface area contributed by atoms with Crippen LogP contribution in [0, 0.1) is 5.82 Å². The normalized spacial score (nSPS) is 16.8. The van der Waals surface area contributed by atoms with Gasteiger partial charge < -0.3 is 14.4 Å². The van der Waals surface area contributed by atoms with E-state index in [1.54, 1.807) is 12.1 Å². The van der Waals surface area contributed by atoms with Gasteiger partial charge in [-0.25, -0.2) is 4.39 Å². The van der Waals surface area contributed by atoms with Gasteiger partial charge in [0.25, 0.3) is 0 Å². The maximum atomic E-state index is 12.9. The molecule has 1 aromatic heterocycles. The van der Waals surface area contributed by atoms with E-state index >= 15 is 0 Å². The molecule has 1 N–H and O–H groups in total. The fraction of sp³-hybridized carbons (Fsp3) is 0.429. The van der Waals surface area contributed by atoms with E-state index in [9.17, 15) is 4.39 Å². The summed E-state index contributed by atoms with van der Waals surface area (Å²) < 4.78 is 23.9. The van der Waals surface area contributed by atoms with Gasteiger partial charge in [0, 0.05) is 13.1 Å². The molecule has 1 saturated heterocycles. The van der Waals surface area contributed by atoms with Crippen molar-refractivity contribution in [1.82, 2.24) is 15.2 Å². The Kier molecular flexibility index (Phi) is 4.01. The first-order valence-electron chi connectivity index (χ1n) is 6.89. The molecule has 1 unspecified atom stereocenters. The first-order valence-corrected chi connectivity index (χ1v) is 6.89. The number of nitrogens with one attached hydrogen (secondary N) is 1. The molecule has 1 aliphatic heterocycles. The van der Waals surface area contributed by atoms with Crippen LogP contribution < -0.4 is 9.64 Å². The number of halogens is 1. The Bertz CT molecular complexity index is 581. The molecular formula is C14H17FN4O2. The molecule has 3 rings (SSSR count). The van der Waals surface area contributed by atoms with Gasteiger partial charge in [0.1, 0.15) is 11.6 Å². The van der Waals surface area contributed by atoms with Crippen molar-refractivity contribution >= 4 is 5.95 Å². The smallest absolute Gasteiger partial charge is 0.244 e. The highest BCUT2D eigenvalue weighted by atomic mass is 19.1. The van der Waals surface area contributed by atoms with E-state index in [0.717, 1.165) is 13.1 Å². The molecular weight excluding hydrogens is 275 g/mol. The number of nitrogens with zero attached hydrogens (tertiary/aromatic N) is 3. The van der Waals surface area contributed by atoms with Crippen molar-refractivity contribution in [3.63, 3.8) is 0 Å². The van der Waals surface area contributed by atoms with Gasteiger partial charge in [0.2, 0.25) is 5.95 Å². The SMILES string of the molecule is CC(Oc1ccc(F)cc1)c1nc(N2CCOCC2)n[nH]1. The summed E-state index contributed by atoms with van der Waals surface area (Å²) in [5.41, 5.74) is 0. The summed E-state index contributed by atoms with van der Waals surface area (Å²) in [6, 6.07) is 5.90. The molecule has 1 aliphatic rings. The highest BCUT2D eigenvalue weighted by Gasteiger charge is 2.18. The fourth-order valence-corrected chi connectivity index (χ4v) is 2.12. The highest BCUT2D eigenvalue weighted by molar-refractivity contribution is 5.29. The lowest BCUT2D eigenvalue weighted by Crippen LogP contribution is -2.36. The van der Waals surface area contributed by atoms with Crippen molar-refractivity contribution in [2.75, 3.05) is 31.2 Å². The number of aromatic nitrogens is 3. The highest BCUT2D eigenvalue weighted by Crippen LogP contribution is 2.21. The fourth-order valence-electron chi connectivity index (χ4n) is 2.12. The molecule has 1 atom stereocenters. The number of H-pyrrole nitrogens is 1. The first kappa shape index (κ1) is 13.8. The number of ether oxygens (including phenoxy) is 2. The lowest BCUT2D eigenvalue weighted by atomic mass is 10.3. The Morgan fingerprint density at radius 1 is 1.29 bits per heavy atom. The standard InChI is InChI=1S/C14H17FN4O2/c1-10(21-12-4-2-11(15)3-5-12)13-16-14(18-17-13)19-6-8-20-9-7-19/h2-5,10H,6-9H2,1H3,(H,16,17,18).